The van der Waals surface area contributed by atoms with Gasteiger partial charge in [-0.05, 0) is 43.7 Å². The van der Waals surface area contributed by atoms with E-state index in [1.165, 1.54) is 0 Å². The van der Waals surface area contributed by atoms with Crippen molar-refractivity contribution in [3.8, 4) is 0 Å². The van der Waals surface area contributed by atoms with Crippen LogP contribution in [0.25, 0.3) is 10.9 Å². The Kier molecular flexibility index (Phi) is 4.08. The average Bonchev–Trinajstić information content (AvgIpc) is 2.55. The molecular weight excluding hydrogens is 302 g/mol. The van der Waals surface area contributed by atoms with Crippen molar-refractivity contribution in [1.82, 2.24) is 4.57 Å². The van der Waals surface area contributed by atoms with Crippen LogP contribution in [0.5, 0.6) is 0 Å². The zero-order chi connectivity index (χ0) is 17.3. The quantitative estimate of drug-likeness (QED) is 0.727. The predicted octanol–water partition coefficient (Wildman–Crippen LogP) is 3.16. The molecule has 5 nitrogen and oxygen atoms in total. The molecule has 122 valence electrons. The molecule has 2 aromatic carbocycles. The number of rotatable bonds is 3. The number of benzene rings is 2. The Morgan fingerprint density at radius 1 is 1.21 bits per heavy atom. The fourth-order valence-electron chi connectivity index (χ4n) is 2.81. The first-order valence-electron chi connectivity index (χ1n) is 7.81. The summed E-state index contributed by atoms with van der Waals surface area (Å²) in [6, 6.07) is 12.7. The number of nitrogens with one attached hydrogen (secondary N) is 1. The topological polar surface area (TPSA) is 77.1 Å². The van der Waals surface area contributed by atoms with Crippen LogP contribution in [-0.2, 0) is 6.54 Å². The summed E-state index contributed by atoms with van der Waals surface area (Å²) < 4.78 is 1.86. The molecule has 3 rings (SSSR count). The monoisotopic (exact) mass is 321 g/mol. The van der Waals surface area contributed by atoms with E-state index in [1.807, 2.05) is 42.7 Å². The summed E-state index contributed by atoms with van der Waals surface area (Å²) in [6.07, 6.45) is 1.59. The van der Waals surface area contributed by atoms with Gasteiger partial charge in [0, 0.05) is 24.1 Å². The molecule has 0 spiro atoms. The maximum Gasteiger partial charge on any atom is 0.261 e. The van der Waals surface area contributed by atoms with Crippen molar-refractivity contribution in [3.63, 3.8) is 0 Å². The van der Waals surface area contributed by atoms with E-state index >= 15 is 0 Å². The van der Waals surface area contributed by atoms with Crippen LogP contribution >= 0.6 is 0 Å². The van der Waals surface area contributed by atoms with Crippen LogP contribution in [0.1, 0.15) is 22.8 Å². The van der Waals surface area contributed by atoms with Gasteiger partial charge in [-0.25, -0.2) is 0 Å². The number of nitrogen functional groups attached to an aromatic ring is 1. The van der Waals surface area contributed by atoms with E-state index in [1.54, 1.807) is 24.4 Å². The minimum absolute atomic E-state index is 0.0868. The SMILES string of the molecule is CCn1cc(C(=O)Nc2cccc(C)c2)c(=O)c2c(N)cccc21. The third kappa shape index (κ3) is 2.76. The van der Waals surface area contributed by atoms with E-state index in [2.05, 4.69) is 5.32 Å². The summed E-state index contributed by atoms with van der Waals surface area (Å²) in [4.78, 5) is 25.4. The Labute approximate surface area is 139 Å². The number of aromatic nitrogens is 1. The number of carbonyl (C=O) groups excluding carboxylic acids is 1. The van der Waals surface area contributed by atoms with Crippen molar-refractivity contribution in [1.29, 1.82) is 0 Å². The standard InChI is InChI=1S/C19H19N3O2/c1-3-22-11-14(18(23)17-15(20)8-5-9-16(17)22)19(24)21-13-7-4-6-12(2)10-13/h4-11H,3,20H2,1-2H3,(H,21,24). The second-order valence-corrected chi connectivity index (χ2v) is 5.72. The van der Waals surface area contributed by atoms with Gasteiger partial charge >= 0.3 is 0 Å². The molecule has 0 aliphatic rings. The van der Waals surface area contributed by atoms with E-state index in [0.717, 1.165) is 11.1 Å². The van der Waals surface area contributed by atoms with Gasteiger partial charge in [0.2, 0.25) is 5.43 Å². The average molecular weight is 321 g/mol. The van der Waals surface area contributed by atoms with Crippen LogP contribution in [0.4, 0.5) is 11.4 Å². The molecule has 3 N–H and O–H groups in total. The molecule has 0 bridgehead atoms. The lowest BCUT2D eigenvalue weighted by Crippen LogP contribution is -2.24. The van der Waals surface area contributed by atoms with Crippen LogP contribution in [0.2, 0.25) is 0 Å². The van der Waals surface area contributed by atoms with E-state index in [0.29, 0.717) is 23.3 Å². The summed E-state index contributed by atoms with van der Waals surface area (Å²) in [5.41, 5.74) is 8.51. The highest BCUT2D eigenvalue weighted by atomic mass is 16.2. The summed E-state index contributed by atoms with van der Waals surface area (Å²) in [5.74, 6) is -0.432. The van der Waals surface area contributed by atoms with Crippen LogP contribution in [0, 0.1) is 6.92 Å². The van der Waals surface area contributed by atoms with Gasteiger partial charge in [0.25, 0.3) is 5.91 Å². The van der Waals surface area contributed by atoms with E-state index in [-0.39, 0.29) is 11.0 Å². The number of anilines is 2. The molecule has 0 aliphatic carbocycles. The highest BCUT2D eigenvalue weighted by molar-refractivity contribution is 6.06. The van der Waals surface area contributed by atoms with Gasteiger partial charge in [-0.1, -0.05) is 18.2 Å². The molecule has 1 aromatic heterocycles. The summed E-state index contributed by atoms with van der Waals surface area (Å²) >= 11 is 0. The Morgan fingerprint density at radius 3 is 2.67 bits per heavy atom. The molecule has 0 atom stereocenters. The minimum atomic E-state index is -0.432. The molecular formula is C19H19N3O2. The number of hydrogen-bond acceptors (Lipinski definition) is 3. The van der Waals surface area contributed by atoms with Crippen molar-refractivity contribution in [3.05, 3.63) is 70.0 Å². The lowest BCUT2D eigenvalue weighted by Gasteiger charge is -2.13. The van der Waals surface area contributed by atoms with Crippen LogP contribution in [0.15, 0.2) is 53.5 Å². The number of nitrogens with zero attached hydrogens (tertiary/aromatic N) is 1. The van der Waals surface area contributed by atoms with Gasteiger partial charge in [0.1, 0.15) is 5.56 Å². The third-order valence-electron chi connectivity index (χ3n) is 4.00. The highest BCUT2D eigenvalue weighted by Gasteiger charge is 2.16. The number of carbonyl (C=O) groups is 1. The summed E-state index contributed by atoms with van der Waals surface area (Å²) in [6.45, 7) is 4.52. The molecule has 1 amide bonds. The predicted molar refractivity (Wildman–Crippen MR) is 97.4 cm³/mol. The number of hydrogen-bond donors (Lipinski definition) is 2. The fraction of sp³-hybridized carbons (Fsp3) is 0.158. The van der Waals surface area contributed by atoms with E-state index in [4.69, 9.17) is 5.73 Å². The van der Waals surface area contributed by atoms with Gasteiger partial charge in [-0.2, -0.15) is 0 Å². The van der Waals surface area contributed by atoms with Gasteiger partial charge < -0.3 is 15.6 Å². The normalized spacial score (nSPS) is 10.8. The molecule has 0 unspecified atom stereocenters. The number of nitrogens with two attached hydrogens (primary N) is 1. The van der Waals surface area contributed by atoms with E-state index < -0.39 is 5.91 Å². The maximum atomic E-state index is 12.8. The van der Waals surface area contributed by atoms with Crippen molar-refractivity contribution in [2.75, 3.05) is 11.1 Å². The molecule has 3 aromatic rings. The smallest absolute Gasteiger partial charge is 0.261 e. The Balaban J connectivity index is 2.12. The van der Waals surface area contributed by atoms with E-state index in [9.17, 15) is 9.59 Å². The Morgan fingerprint density at radius 2 is 1.96 bits per heavy atom. The first kappa shape index (κ1) is 15.8. The van der Waals surface area contributed by atoms with Crippen LogP contribution in [0.3, 0.4) is 0 Å². The first-order chi connectivity index (χ1) is 11.5. The molecule has 0 radical (unpaired) electrons. The van der Waals surface area contributed by atoms with Gasteiger partial charge in [0.15, 0.2) is 0 Å². The second kappa shape index (κ2) is 6.20. The van der Waals surface area contributed by atoms with Gasteiger partial charge in [-0.3, -0.25) is 9.59 Å². The van der Waals surface area contributed by atoms with Crippen molar-refractivity contribution in [2.24, 2.45) is 0 Å². The number of aryl methyl sites for hydroxylation is 2. The number of pyridine rings is 1. The molecule has 5 heteroatoms. The number of amides is 1. The fourth-order valence-corrected chi connectivity index (χ4v) is 2.81. The van der Waals surface area contributed by atoms with Crippen molar-refractivity contribution < 1.29 is 4.79 Å². The Hall–Kier alpha value is -3.08. The van der Waals surface area contributed by atoms with Crippen molar-refractivity contribution in [2.45, 2.75) is 20.4 Å². The maximum absolute atomic E-state index is 12.8. The van der Waals surface area contributed by atoms with Gasteiger partial charge in [-0.15, -0.1) is 0 Å². The van der Waals surface area contributed by atoms with Crippen LogP contribution < -0.4 is 16.5 Å². The van der Waals surface area contributed by atoms with Crippen molar-refractivity contribution >= 4 is 28.2 Å². The number of fused-ring (bicyclic) bond motifs is 1. The third-order valence-corrected chi connectivity index (χ3v) is 4.00. The first-order valence-corrected chi connectivity index (χ1v) is 7.81. The largest absolute Gasteiger partial charge is 0.398 e. The zero-order valence-corrected chi connectivity index (χ0v) is 13.7. The Bertz CT molecular complexity index is 990. The molecule has 0 saturated heterocycles. The van der Waals surface area contributed by atoms with Gasteiger partial charge in [0.05, 0.1) is 10.9 Å². The highest BCUT2D eigenvalue weighted by Crippen LogP contribution is 2.19. The zero-order valence-electron chi connectivity index (χ0n) is 13.7. The second-order valence-electron chi connectivity index (χ2n) is 5.72. The molecule has 1 heterocycles. The summed E-state index contributed by atoms with van der Waals surface area (Å²) in [7, 11) is 0. The molecule has 0 fully saturated rings. The van der Waals surface area contributed by atoms with Crippen LogP contribution in [-0.4, -0.2) is 10.5 Å². The summed E-state index contributed by atoms with van der Waals surface area (Å²) in [5, 5.41) is 3.17. The minimum Gasteiger partial charge on any atom is -0.398 e. The lowest BCUT2D eigenvalue weighted by molar-refractivity contribution is 0.102. The molecule has 0 aliphatic heterocycles. The molecule has 24 heavy (non-hydrogen) atoms. The lowest BCUT2D eigenvalue weighted by atomic mass is 10.1. The molecule has 0 saturated carbocycles.